The first-order chi connectivity index (χ1) is 9.52. The van der Waals surface area contributed by atoms with Crippen LogP contribution in [0.2, 0.25) is 0 Å². The summed E-state index contributed by atoms with van der Waals surface area (Å²) in [6, 6.07) is 4.11. The molecule has 0 aliphatic carbocycles. The fraction of sp³-hybridized carbons (Fsp3) is 0.429. The van der Waals surface area contributed by atoms with E-state index in [2.05, 4.69) is 22.9 Å². The fourth-order valence-electron chi connectivity index (χ4n) is 1.91. The lowest BCUT2D eigenvalue weighted by atomic mass is 10.1. The molecular weight excluding hydrogens is 292 g/mol. The number of thiazole rings is 1. The molecule has 6 heteroatoms. The first-order valence-electron chi connectivity index (χ1n) is 6.54. The van der Waals surface area contributed by atoms with Gasteiger partial charge in [0.05, 0.1) is 12.2 Å². The van der Waals surface area contributed by atoms with E-state index >= 15 is 0 Å². The van der Waals surface area contributed by atoms with Gasteiger partial charge in [0.2, 0.25) is 0 Å². The van der Waals surface area contributed by atoms with E-state index in [0.29, 0.717) is 10.6 Å². The molecule has 0 unspecified atom stereocenters. The van der Waals surface area contributed by atoms with Crippen LogP contribution in [-0.2, 0) is 6.54 Å². The van der Waals surface area contributed by atoms with E-state index in [9.17, 15) is 9.90 Å². The molecule has 4 nitrogen and oxygen atoms in total. The third kappa shape index (κ3) is 3.19. The topological polar surface area (TPSA) is 53.4 Å². The Bertz CT molecular complexity index is 576. The smallest absolute Gasteiger partial charge is 0.347 e. The number of hydrogen-bond acceptors (Lipinski definition) is 5. The molecule has 0 atom stereocenters. The number of carboxylic acids is 1. The van der Waals surface area contributed by atoms with Crippen molar-refractivity contribution in [2.45, 2.75) is 33.2 Å². The third-order valence-corrected chi connectivity index (χ3v) is 4.94. The van der Waals surface area contributed by atoms with Gasteiger partial charge in [0.15, 0.2) is 5.13 Å². The minimum atomic E-state index is -0.885. The van der Waals surface area contributed by atoms with Crippen molar-refractivity contribution in [3.63, 3.8) is 0 Å². The quantitative estimate of drug-likeness (QED) is 0.874. The summed E-state index contributed by atoms with van der Waals surface area (Å²) < 4.78 is 0. The molecule has 2 heterocycles. The third-order valence-electron chi connectivity index (χ3n) is 2.96. The van der Waals surface area contributed by atoms with E-state index < -0.39 is 5.97 Å². The Morgan fingerprint density at radius 1 is 1.50 bits per heavy atom. The van der Waals surface area contributed by atoms with Crippen LogP contribution >= 0.6 is 22.7 Å². The number of rotatable bonds is 6. The van der Waals surface area contributed by atoms with Gasteiger partial charge in [-0.2, -0.15) is 0 Å². The molecule has 0 bridgehead atoms. The zero-order valence-electron chi connectivity index (χ0n) is 11.8. The summed E-state index contributed by atoms with van der Waals surface area (Å²) in [5.74, 6) is -0.767. The fourth-order valence-corrected chi connectivity index (χ4v) is 3.75. The number of hydrogen-bond donors (Lipinski definition) is 1. The zero-order chi connectivity index (χ0) is 14.7. The summed E-state index contributed by atoms with van der Waals surface area (Å²) in [6.07, 6.45) is 0. The van der Waals surface area contributed by atoms with Gasteiger partial charge >= 0.3 is 5.97 Å². The molecule has 1 N–H and O–H groups in total. The van der Waals surface area contributed by atoms with Crippen LogP contribution in [0.25, 0.3) is 0 Å². The summed E-state index contributed by atoms with van der Waals surface area (Å²) in [6.45, 7) is 7.59. The molecule has 0 aliphatic heterocycles. The van der Waals surface area contributed by atoms with Crippen molar-refractivity contribution in [3.8, 4) is 0 Å². The molecule has 0 radical (unpaired) electrons. The maximum atomic E-state index is 11.3. The Morgan fingerprint density at radius 2 is 2.25 bits per heavy atom. The van der Waals surface area contributed by atoms with E-state index in [1.54, 1.807) is 11.3 Å². The van der Waals surface area contributed by atoms with Gasteiger partial charge in [-0.1, -0.05) is 31.3 Å². The number of carboxylic acid groups (broad SMARTS) is 1. The van der Waals surface area contributed by atoms with Crippen molar-refractivity contribution in [2.75, 3.05) is 11.4 Å². The highest BCUT2D eigenvalue weighted by atomic mass is 32.1. The average Bonchev–Trinajstić information content (AvgIpc) is 3.04. The van der Waals surface area contributed by atoms with Crippen LogP contribution in [0.1, 0.15) is 46.9 Å². The van der Waals surface area contributed by atoms with Gasteiger partial charge in [-0.15, -0.1) is 11.3 Å². The Morgan fingerprint density at radius 3 is 2.70 bits per heavy atom. The number of aromatic nitrogens is 1. The van der Waals surface area contributed by atoms with Crippen molar-refractivity contribution < 1.29 is 9.90 Å². The largest absolute Gasteiger partial charge is 0.477 e. The standard InChI is InChI=1S/C14H18N2O2S2/c1-4-16(8-10-6-5-7-19-10)14-15-11(9(2)3)12(20-14)13(17)18/h5-7,9H,4,8H2,1-3H3,(H,17,18). The van der Waals surface area contributed by atoms with E-state index in [1.807, 2.05) is 25.3 Å². The molecule has 0 spiro atoms. The molecule has 0 saturated carbocycles. The summed E-state index contributed by atoms with van der Waals surface area (Å²) in [5.41, 5.74) is 0.683. The first kappa shape index (κ1) is 15.0. The minimum Gasteiger partial charge on any atom is -0.477 e. The van der Waals surface area contributed by atoms with Crippen LogP contribution in [0, 0.1) is 0 Å². The van der Waals surface area contributed by atoms with Crippen molar-refractivity contribution in [3.05, 3.63) is 33.0 Å². The second-order valence-electron chi connectivity index (χ2n) is 4.76. The van der Waals surface area contributed by atoms with E-state index in [1.165, 1.54) is 16.2 Å². The lowest BCUT2D eigenvalue weighted by Crippen LogP contribution is -2.21. The molecular formula is C14H18N2O2S2. The van der Waals surface area contributed by atoms with Crippen molar-refractivity contribution in [1.29, 1.82) is 0 Å². The molecule has 0 aliphatic rings. The zero-order valence-corrected chi connectivity index (χ0v) is 13.4. The second-order valence-corrected chi connectivity index (χ2v) is 6.77. The number of thiophene rings is 1. The molecule has 20 heavy (non-hydrogen) atoms. The van der Waals surface area contributed by atoms with Crippen LogP contribution in [0.3, 0.4) is 0 Å². The molecule has 108 valence electrons. The summed E-state index contributed by atoms with van der Waals surface area (Å²) in [5, 5.41) is 12.1. The maximum Gasteiger partial charge on any atom is 0.347 e. The number of aromatic carboxylic acids is 1. The molecule has 0 aromatic carbocycles. The molecule has 0 fully saturated rings. The van der Waals surface area contributed by atoms with Crippen LogP contribution in [0.4, 0.5) is 5.13 Å². The van der Waals surface area contributed by atoms with Crippen molar-refractivity contribution >= 4 is 33.8 Å². The summed E-state index contributed by atoms with van der Waals surface area (Å²) >= 11 is 2.97. The van der Waals surface area contributed by atoms with Gasteiger partial charge < -0.3 is 10.0 Å². The van der Waals surface area contributed by atoms with Gasteiger partial charge in [0.1, 0.15) is 4.88 Å². The van der Waals surface area contributed by atoms with Gasteiger partial charge in [-0.25, -0.2) is 9.78 Å². The van der Waals surface area contributed by atoms with E-state index in [4.69, 9.17) is 0 Å². The van der Waals surface area contributed by atoms with Gasteiger partial charge in [0.25, 0.3) is 0 Å². The Labute approximate surface area is 126 Å². The molecule has 2 aromatic rings. The molecule has 2 rings (SSSR count). The number of anilines is 1. The average molecular weight is 310 g/mol. The van der Waals surface area contributed by atoms with E-state index in [0.717, 1.165) is 18.2 Å². The SMILES string of the molecule is CCN(Cc1cccs1)c1nc(C(C)C)c(C(=O)O)s1. The molecule has 0 amide bonds. The highest BCUT2D eigenvalue weighted by molar-refractivity contribution is 7.17. The second kappa shape index (κ2) is 6.37. The van der Waals surface area contributed by atoms with E-state index in [-0.39, 0.29) is 5.92 Å². The highest BCUT2D eigenvalue weighted by Crippen LogP contribution is 2.31. The van der Waals surface area contributed by atoms with Gasteiger partial charge in [-0.3, -0.25) is 0 Å². The van der Waals surface area contributed by atoms with Crippen molar-refractivity contribution in [2.24, 2.45) is 0 Å². The molecule has 2 aromatic heterocycles. The predicted molar refractivity (Wildman–Crippen MR) is 84.2 cm³/mol. The summed E-state index contributed by atoms with van der Waals surface area (Å²) in [4.78, 5) is 19.6. The van der Waals surface area contributed by atoms with Crippen LogP contribution in [0.15, 0.2) is 17.5 Å². The Kier molecular flexibility index (Phi) is 4.77. The lowest BCUT2D eigenvalue weighted by molar-refractivity contribution is 0.0700. The Hall–Kier alpha value is -1.40. The van der Waals surface area contributed by atoms with Crippen LogP contribution in [-0.4, -0.2) is 22.6 Å². The Balaban J connectivity index is 2.30. The highest BCUT2D eigenvalue weighted by Gasteiger charge is 2.22. The van der Waals surface area contributed by atoms with Gasteiger partial charge in [-0.05, 0) is 24.3 Å². The molecule has 0 saturated heterocycles. The van der Waals surface area contributed by atoms with Crippen LogP contribution < -0.4 is 4.90 Å². The lowest BCUT2D eigenvalue weighted by Gasteiger charge is -2.18. The predicted octanol–water partition coefficient (Wildman–Crippen LogP) is 4.05. The minimum absolute atomic E-state index is 0.117. The number of carbonyl (C=O) groups is 1. The maximum absolute atomic E-state index is 11.3. The van der Waals surface area contributed by atoms with Gasteiger partial charge in [0, 0.05) is 11.4 Å². The normalized spacial score (nSPS) is 11.0. The monoisotopic (exact) mass is 310 g/mol. The first-order valence-corrected chi connectivity index (χ1v) is 8.23. The van der Waals surface area contributed by atoms with Crippen LogP contribution in [0.5, 0.6) is 0 Å². The van der Waals surface area contributed by atoms with Crippen molar-refractivity contribution in [1.82, 2.24) is 4.98 Å². The summed E-state index contributed by atoms with van der Waals surface area (Å²) in [7, 11) is 0. The number of nitrogens with zero attached hydrogens (tertiary/aromatic N) is 2.